The maximum absolute atomic E-state index is 5.44. The molecule has 0 amide bonds. The van der Waals surface area contributed by atoms with E-state index in [2.05, 4.69) is 27.1 Å². The molecule has 1 aliphatic heterocycles. The number of nitrogens with zero attached hydrogens (tertiary/aromatic N) is 1. The van der Waals surface area contributed by atoms with Crippen LogP contribution in [0.3, 0.4) is 0 Å². The van der Waals surface area contributed by atoms with Crippen LogP contribution in [0.25, 0.3) is 10.1 Å². The van der Waals surface area contributed by atoms with Crippen molar-refractivity contribution in [1.82, 2.24) is 10.3 Å². The number of aromatic nitrogens is 1. The van der Waals surface area contributed by atoms with E-state index in [9.17, 15) is 0 Å². The van der Waals surface area contributed by atoms with E-state index in [1.807, 2.05) is 12.3 Å². The molecule has 1 fully saturated rings. The van der Waals surface area contributed by atoms with Gasteiger partial charge < -0.3 is 15.4 Å². The van der Waals surface area contributed by atoms with Gasteiger partial charge in [-0.15, -0.1) is 11.3 Å². The summed E-state index contributed by atoms with van der Waals surface area (Å²) in [5, 5.41) is 10.1. The van der Waals surface area contributed by atoms with E-state index in [0.717, 1.165) is 18.9 Å². The van der Waals surface area contributed by atoms with E-state index >= 15 is 0 Å². The van der Waals surface area contributed by atoms with Crippen LogP contribution in [0.1, 0.15) is 0 Å². The Bertz CT molecular complexity index is 513. The van der Waals surface area contributed by atoms with Crippen molar-refractivity contribution in [2.45, 2.75) is 12.1 Å². The average Bonchev–Trinajstić information content (AvgIpc) is 2.97. The highest BCUT2D eigenvalue weighted by molar-refractivity contribution is 7.17. The Labute approximate surface area is 104 Å². The molecule has 2 N–H and O–H groups in total. The summed E-state index contributed by atoms with van der Waals surface area (Å²) in [4.78, 5) is 4.42. The van der Waals surface area contributed by atoms with Gasteiger partial charge in [0.2, 0.25) is 0 Å². The summed E-state index contributed by atoms with van der Waals surface area (Å²) in [5.74, 6) is 0.958. The van der Waals surface area contributed by atoms with Crippen LogP contribution in [0.15, 0.2) is 23.7 Å². The van der Waals surface area contributed by atoms with Crippen LogP contribution in [0.4, 0.5) is 5.82 Å². The number of rotatable bonds is 3. The maximum Gasteiger partial charge on any atom is 0.135 e. The van der Waals surface area contributed by atoms with Crippen LogP contribution < -0.4 is 10.6 Å². The van der Waals surface area contributed by atoms with Crippen molar-refractivity contribution < 1.29 is 4.74 Å². The van der Waals surface area contributed by atoms with Crippen molar-refractivity contribution in [3.05, 3.63) is 23.7 Å². The predicted molar refractivity (Wildman–Crippen MR) is 70.7 cm³/mol. The zero-order chi connectivity index (χ0) is 11.7. The quantitative estimate of drug-likeness (QED) is 0.869. The minimum Gasteiger partial charge on any atom is -0.378 e. The molecule has 2 aromatic rings. The van der Waals surface area contributed by atoms with E-state index in [-0.39, 0.29) is 12.1 Å². The first-order valence-corrected chi connectivity index (χ1v) is 6.58. The number of fused-ring (bicyclic) bond motifs is 1. The minimum absolute atomic E-state index is 0.214. The Morgan fingerprint density at radius 1 is 1.47 bits per heavy atom. The van der Waals surface area contributed by atoms with E-state index in [1.54, 1.807) is 18.4 Å². The molecule has 5 heteroatoms. The van der Waals surface area contributed by atoms with Crippen LogP contribution >= 0.6 is 11.3 Å². The Hall–Kier alpha value is -1.17. The molecule has 1 saturated heterocycles. The summed E-state index contributed by atoms with van der Waals surface area (Å²) >= 11 is 1.74. The smallest absolute Gasteiger partial charge is 0.135 e. The van der Waals surface area contributed by atoms with Crippen LogP contribution in [0.2, 0.25) is 0 Å². The third kappa shape index (κ3) is 2.01. The normalized spacial score (nSPS) is 24.3. The Morgan fingerprint density at radius 2 is 2.41 bits per heavy atom. The molecule has 0 spiro atoms. The Kier molecular flexibility index (Phi) is 2.96. The summed E-state index contributed by atoms with van der Waals surface area (Å²) in [6.45, 7) is 1.81. The van der Waals surface area contributed by atoms with Crippen molar-refractivity contribution in [2.75, 3.05) is 25.5 Å². The highest BCUT2D eigenvalue weighted by atomic mass is 32.1. The molecule has 2 atom stereocenters. The number of thiophene rings is 1. The number of ether oxygens (including phenoxy) is 1. The van der Waals surface area contributed by atoms with E-state index in [0.29, 0.717) is 0 Å². The lowest BCUT2D eigenvalue weighted by Gasteiger charge is -2.19. The molecule has 0 aliphatic carbocycles. The van der Waals surface area contributed by atoms with Crippen LogP contribution in [-0.2, 0) is 4.74 Å². The number of nitrogens with one attached hydrogen (secondary N) is 2. The second kappa shape index (κ2) is 4.60. The molecule has 90 valence electrons. The van der Waals surface area contributed by atoms with Gasteiger partial charge in [0.15, 0.2) is 0 Å². The second-order valence-corrected chi connectivity index (χ2v) is 5.12. The maximum atomic E-state index is 5.44. The molecular weight excluding hydrogens is 234 g/mol. The van der Waals surface area contributed by atoms with E-state index in [4.69, 9.17) is 4.74 Å². The molecule has 1 unspecified atom stereocenters. The minimum atomic E-state index is 0.214. The first kappa shape index (κ1) is 11.0. The Balaban J connectivity index is 1.87. The van der Waals surface area contributed by atoms with Gasteiger partial charge in [0, 0.05) is 36.5 Å². The first-order chi connectivity index (χ1) is 8.38. The second-order valence-electron chi connectivity index (χ2n) is 4.18. The summed E-state index contributed by atoms with van der Waals surface area (Å²) in [7, 11) is 1.75. The lowest BCUT2D eigenvalue weighted by molar-refractivity contribution is 0.111. The monoisotopic (exact) mass is 249 g/mol. The summed E-state index contributed by atoms with van der Waals surface area (Å²) in [6.07, 6.45) is 2.07. The van der Waals surface area contributed by atoms with Gasteiger partial charge in [-0.1, -0.05) is 0 Å². The molecule has 4 nitrogen and oxygen atoms in total. The molecule has 17 heavy (non-hydrogen) atoms. The van der Waals surface area contributed by atoms with Crippen LogP contribution in [-0.4, -0.2) is 37.3 Å². The zero-order valence-corrected chi connectivity index (χ0v) is 10.5. The summed E-state index contributed by atoms with van der Waals surface area (Å²) in [5.41, 5.74) is 0. The molecule has 0 saturated carbocycles. The summed E-state index contributed by atoms with van der Waals surface area (Å²) < 4.78 is 6.71. The first-order valence-electron chi connectivity index (χ1n) is 5.71. The van der Waals surface area contributed by atoms with Gasteiger partial charge in [-0.05, 0) is 17.5 Å². The van der Waals surface area contributed by atoms with Crippen LogP contribution in [0.5, 0.6) is 0 Å². The van der Waals surface area contributed by atoms with Gasteiger partial charge >= 0.3 is 0 Å². The van der Waals surface area contributed by atoms with E-state index in [1.165, 1.54) is 10.1 Å². The van der Waals surface area contributed by atoms with Gasteiger partial charge in [0.25, 0.3) is 0 Å². The topological polar surface area (TPSA) is 46.2 Å². The molecule has 3 heterocycles. The number of methoxy groups -OCH3 is 1. The number of hydrogen-bond acceptors (Lipinski definition) is 5. The van der Waals surface area contributed by atoms with Crippen molar-refractivity contribution in [2.24, 2.45) is 0 Å². The van der Waals surface area contributed by atoms with Gasteiger partial charge in [0.1, 0.15) is 5.82 Å². The fraction of sp³-hybridized carbons (Fsp3) is 0.417. The molecule has 1 aliphatic rings. The van der Waals surface area contributed by atoms with Crippen LogP contribution in [0, 0.1) is 0 Å². The third-order valence-electron chi connectivity index (χ3n) is 3.16. The molecular formula is C12H15N3OS. The fourth-order valence-corrected chi connectivity index (χ4v) is 3.01. The van der Waals surface area contributed by atoms with Crippen molar-refractivity contribution in [3.63, 3.8) is 0 Å². The molecule has 0 bridgehead atoms. The largest absolute Gasteiger partial charge is 0.378 e. The number of hydrogen-bond donors (Lipinski definition) is 2. The Morgan fingerprint density at radius 3 is 3.29 bits per heavy atom. The van der Waals surface area contributed by atoms with Gasteiger partial charge in [-0.2, -0.15) is 0 Å². The van der Waals surface area contributed by atoms with Crippen molar-refractivity contribution in [1.29, 1.82) is 0 Å². The standard InChI is InChI=1S/C12H15N3OS/c1-16-10-7-13-6-9(10)15-12-8-3-5-17-11(8)2-4-14-12/h2-5,9-10,13H,6-7H2,1H3,(H,14,15)/t9?,10-/m0/s1. The highest BCUT2D eigenvalue weighted by Crippen LogP contribution is 2.26. The summed E-state index contributed by atoms with van der Waals surface area (Å²) in [6, 6.07) is 4.45. The number of anilines is 1. The van der Waals surface area contributed by atoms with Gasteiger partial charge in [-0.3, -0.25) is 0 Å². The lowest BCUT2D eigenvalue weighted by Crippen LogP contribution is -2.33. The van der Waals surface area contributed by atoms with E-state index < -0.39 is 0 Å². The average molecular weight is 249 g/mol. The third-order valence-corrected chi connectivity index (χ3v) is 4.05. The molecule has 2 aromatic heterocycles. The lowest BCUT2D eigenvalue weighted by atomic mass is 10.2. The molecule has 3 rings (SSSR count). The number of pyridine rings is 1. The molecule has 0 radical (unpaired) electrons. The molecule has 0 aromatic carbocycles. The van der Waals surface area contributed by atoms with Gasteiger partial charge in [0.05, 0.1) is 12.1 Å². The fourth-order valence-electron chi connectivity index (χ4n) is 2.23. The van der Waals surface area contributed by atoms with Crippen molar-refractivity contribution in [3.8, 4) is 0 Å². The SMILES string of the molecule is CO[C@H]1CNCC1Nc1nccc2sccc12. The predicted octanol–water partition coefficient (Wildman–Crippen LogP) is 1.69. The van der Waals surface area contributed by atoms with Gasteiger partial charge in [-0.25, -0.2) is 4.98 Å². The van der Waals surface area contributed by atoms with Crippen molar-refractivity contribution >= 4 is 27.2 Å². The zero-order valence-electron chi connectivity index (χ0n) is 9.64. The highest BCUT2D eigenvalue weighted by Gasteiger charge is 2.27.